The Morgan fingerprint density at radius 1 is 1.09 bits per heavy atom. The average Bonchev–Trinajstić information content (AvgIpc) is 2.55. The first-order valence-corrected chi connectivity index (χ1v) is 8.54. The van der Waals surface area contributed by atoms with E-state index in [1.807, 2.05) is 43.0 Å². The molecule has 23 heavy (non-hydrogen) atoms. The highest BCUT2D eigenvalue weighted by Crippen LogP contribution is 2.20. The largest absolute Gasteiger partial charge is 0.353 e. The zero-order valence-electron chi connectivity index (χ0n) is 14.6. The normalized spacial score (nSPS) is 17.2. The first kappa shape index (κ1) is 17.5. The minimum Gasteiger partial charge on any atom is -0.353 e. The van der Waals surface area contributed by atoms with E-state index in [1.54, 1.807) is 0 Å². The van der Waals surface area contributed by atoms with Crippen molar-refractivity contribution in [2.45, 2.75) is 46.6 Å². The van der Waals surface area contributed by atoms with E-state index < -0.39 is 0 Å². The molecule has 2 rings (SSSR count). The summed E-state index contributed by atoms with van der Waals surface area (Å²) in [6, 6.07) is 7.86. The van der Waals surface area contributed by atoms with Gasteiger partial charge < -0.3 is 10.2 Å². The molecule has 1 atom stereocenters. The van der Waals surface area contributed by atoms with Crippen LogP contribution >= 0.6 is 0 Å². The Morgan fingerprint density at radius 3 is 2.17 bits per heavy atom. The Labute approximate surface area is 139 Å². The minimum atomic E-state index is 0.0262. The zero-order chi connectivity index (χ0) is 17.0. The molecule has 126 valence electrons. The van der Waals surface area contributed by atoms with Gasteiger partial charge in [0.25, 0.3) is 5.91 Å². The number of hydrogen-bond acceptors (Lipinski definition) is 2. The first-order chi connectivity index (χ1) is 10.9. The monoisotopic (exact) mass is 316 g/mol. The standard InChI is InChI=1S/C19H28N2O2/c1-13(2)15(4)20-18(22)16-9-11-21(12-10-16)19(23)17-7-5-14(3)6-8-17/h5-8,13,15-16H,9-12H2,1-4H3,(H,20,22). The fourth-order valence-electron chi connectivity index (χ4n) is 2.73. The number of piperidine rings is 1. The number of amides is 2. The molecule has 1 heterocycles. The molecule has 1 fully saturated rings. The molecular weight excluding hydrogens is 288 g/mol. The van der Waals surface area contributed by atoms with Gasteiger partial charge in [0.05, 0.1) is 0 Å². The van der Waals surface area contributed by atoms with Crippen LogP contribution in [0.15, 0.2) is 24.3 Å². The van der Waals surface area contributed by atoms with Crippen LogP contribution in [0, 0.1) is 18.8 Å². The number of rotatable bonds is 4. The molecule has 0 radical (unpaired) electrons. The van der Waals surface area contributed by atoms with Crippen molar-refractivity contribution in [2.75, 3.05) is 13.1 Å². The third-order valence-corrected chi connectivity index (χ3v) is 4.82. The molecule has 0 aliphatic carbocycles. The third kappa shape index (κ3) is 4.57. The Kier molecular flexibility index (Phi) is 5.80. The van der Waals surface area contributed by atoms with Crippen LogP contribution in [0.4, 0.5) is 0 Å². The second kappa shape index (κ2) is 7.62. The lowest BCUT2D eigenvalue weighted by Gasteiger charge is -2.32. The fraction of sp³-hybridized carbons (Fsp3) is 0.579. The van der Waals surface area contributed by atoms with Crippen molar-refractivity contribution in [3.63, 3.8) is 0 Å². The molecule has 0 saturated carbocycles. The highest BCUT2D eigenvalue weighted by Gasteiger charge is 2.28. The molecule has 1 N–H and O–H groups in total. The quantitative estimate of drug-likeness (QED) is 0.928. The van der Waals surface area contributed by atoms with Gasteiger partial charge in [-0.2, -0.15) is 0 Å². The third-order valence-electron chi connectivity index (χ3n) is 4.82. The van der Waals surface area contributed by atoms with Crippen LogP contribution in [0.25, 0.3) is 0 Å². The topological polar surface area (TPSA) is 49.4 Å². The van der Waals surface area contributed by atoms with Crippen molar-refractivity contribution in [1.82, 2.24) is 10.2 Å². The maximum Gasteiger partial charge on any atom is 0.253 e. The average molecular weight is 316 g/mol. The Hall–Kier alpha value is -1.84. The van der Waals surface area contributed by atoms with E-state index in [-0.39, 0.29) is 23.8 Å². The van der Waals surface area contributed by atoms with Gasteiger partial charge in [-0.05, 0) is 44.7 Å². The van der Waals surface area contributed by atoms with Crippen LogP contribution in [0.5, 0.6) is 0 Å². The van der Waals surface area contributed by atoms with Gasteiger partial charge in [-0.1, -0.05) is 31.5 Å². The molecule has 1 aromatic rings. The lowest BCUT2D eigenvalue weighted by atomic mass is 9.94. The van der Waals surface area contributed by atoms with Crippen molar-refractivity contribution in [3.05, 3.63) is 35.4 Å². The summed E-state index contributed by atoms with van der Waals surface area (Å²) in [6.45, 7) is 9.57. The number of carbonyl (C=O) groups excluding carboxylic acids is 2. The number of nitrogens with one attached hydrogen (secondary N) is 1. The molecular formula is C19H28N2O2. The number of benzene rings is 1. The lowest BCUT2D eigenvalue weighted by molar-refractivity contribution is -0.127. The van der Waals surface area contributed by atoms with Crippen molar-refractivity contribution in [2.24, 2.45) is 11.8 Å². The van der Waals surface area contributed by atoms with Gasteiger partial charge in [0, 0.05) is 30.6 Å². The predicted octanol–water partition coefficient (Wildman–Crippen LogP) is 3.01. The summed E-state index contributed by atoms with van der Waals surface area (Å²) in [7, 11) is 0. The highest BCUT2D eigenvalue weighted by molar-refractivity contribution is 5.94. The molecule has 1 aliphatic rings. The van der Waals surface area contributed by atoms with Gasteiger partial charge >= 0.3 is 0 Å². The SMILES string of the molecule is Cc1ccc(C(=O)N2CCC(C(=O)NC(C)C(C)C)CC2)cc1. The molecule has 0 bridgehead atoms. The molecule has 0 aromatic heterocycles. The van der Waals surface area contributed by atoms with Crippen molar-refractivity contribution >= 4 is 11.8 Å². The molecule has 1 aromatic carbocycles. The first-order valence-electron chi connectivity index (χ1n) is 8.54. The number of hydrogen-bond donors (Lipinski definition) is 1. The Balaban J connectivity index is 1.87. The van der Waals surface area contributed by atoms with Crippen LogP contribution in [0.2, 0.25) is 0 Å². The number of carbonyl (C=O) groups is 2. The predicted molar refractivity (Wildman–Crippen MR) is 92.2 cm³/mol. The second-order valence-electron chi connectivity index (χ2n) is 6.97. The summed E-state index contributed by atoms with van der Waals surface area (Å²) in [5.41, 5.74) is 1.88. The van der Waals surface area contributed by atoms with Gasteiger partial charge in [0.15, 0.2) is 0 Å². The lowest BCUT2D eigenvalue weighted by Crippen LogP contribution is -2.45. The van der Waals surface area contributed by atoms with E-state index in [0.717, 1.165) is 24.0 Å². The van der Waals surface area contributed by atoms with Gasteiger partial charge in [0.1, 0.15) is 0 Å². The maximum atomic E-state index is 12.5. The van der Waals surface area contributed by atoms with E-state index in [4.69, 9.17) is 0 Å². The van der Waals surface area contributed by atoms with E-state index in [2.05, 4.69) is 19.2 Å². The smallest absolute Gasteiger partial charge is 0.253 e. The second-order valence-corrected chi connectivity index (χ2v) is 6.97. The summed E-state index contributed by atoms with van der Waals surface area (Å²) < 4.78 is 0. The Bertz CT molecular complexity index is 543. The van der Waals surface area contributed by atoms with Gasteiger partial charge in [-0.15, -0.1) is 0 Å². The van der Waals surface area contributed by atoms with Crippen LogP contribution in [0.3, 0.4) is 0 Å². The summed E-state index contributed by atoms with van der Waals surface area (Å²) in [5, 5.41) is 3.09. The van der Waals surface area contributed by atoms with Crippen molar-refractivity contribution < 1.29 is 9.59 Å². The highest BCUT2D eigenvalue weighted by atomic mass is 16.2. The number of aryl methyl sites for hydroxylation is 1. The zero-order valence-corrected chi connectivity index (χ0v) is 14.6. The van der Waals surface area contributed by atoms with E-state index >= 15 is 0 Å². The molecule has 1 unspecified atom stereocenters. The molecule has 1 aliphatic heterocycles. The summed E-state index contributed by atoms with van der Waals surface area (Å²) in [4.78, 5) is 26.6. The van der Waals surface area contributed by atoms with Gasteiger partial charge in [-0.3, -0.25) is 9.59 Å². The van der Waals surface area contributed by atoms with Crippen molar-refractivity contribution in [1.29, 1.82) is 0 Å². The van der Waals surface area contributed by atoms with Gasteiger partial charge in [0.2, 0.25) is 5.91 Å². The van der Waals surface area contributed by atoms with Gasteiger partial charge in [-0.25, -0.2) is 0 Å². The molecule has 2 amide bonds. The van der Waals surface area contributed by atoms with Crippen molar-refractivity contribution in [3.8, 4) is 0 Å². The number of nitrogens with zero attached hydrogens (tertiary/aromatic N) is 1. The molecule has 4 heteroatoms. The van der Waals surface area contributed by atoms with E-state index in [1.165, 1.54) is 0 Å². The Morgan fingerprint density at radius 2 is 1.65 bits per heavy atom. The minimum absolute atomic E-state index is 0.0262. The van der Waals surface area contributed by atoms with E-state index in [9.17, 15) is 9.59 Å². The fourth-order valence-corrected chi connectivity index (χ4v) is 2.73. The number of likely N-dealkylation sites (tertiary alicyclic amines) is 1. The molecule has 1 saturated heterocycles. The van der Waals surface area contributed by atoms with E-state index in [0.29, 0.717) is 19.0 Å². The summed E-state index contributed by atoms with van der Waals surface area (Å²) in [6.07, 6.45) is 1.49. The molecule has 0 spiro atoms. The maximum absolute atomic E-state index is 12.5. The van der Waals surface area contributed by atoms with Crippen LogP contribution < -0.4 is 5.32 Å². The van der Waals surface area contributed by atoms with Crippen LogP contribution in [-0.4, -0.2) is 35.8 Å². The van der Waals surface area contributed by atoms with Crippen LogP contribution in [0.1, 0.15) is 49.5 Å². The molecule has 4 nitrogen and oxygen atoms in total. The summed E-state index contributed by atoms with van der Waals surface area (Å²) >= 11 is 0. The van der Waals surface area contributed by atoms with Crippen LogP contribution in [-0.2, 0) is 4.79 Å². The summed E-state index contributed by atoms with van der Waals surface area (Å²) in [5.74, 6) is 0.661.